The van der Waals surface area contributed by atoms with Gasteiger partial charge >= 0.3 is 5.97 Å². The molecular weight excluding hydrogens is 424 g/mol. The first-order chi connectivity index (χ1) is 16.7. The lowest BCUT2D eigenvalue weighted by atomic mass is 10.0. The summed E-state index contributed by atoms with van der Waals surface area (Å²) in [6.45, 7) is 6.90. The molecule has 0 aromatic heterocycles. The molecule has 34 heavy (non-hydrogen) atoms. The van der Waals surface area contributed by atoms with Gasteiger partial charge in [-0.1, -0.05) is 61.5 Å². The minimum absolute atomic E-state index is 0.324. The fraction of sp³-hybridized carbons (Fsp3) is 0.345. The first-order valence-corrected chi connectivity index (χ1v) is 12.1. The molecular formula is C29H34N2O3. The second-order valence-corrected chi connectivity index (χ2v) is 8.77. The third-order valence-electron chi connectivity index (χ3n) is 6.52. The van der Waals surface area contributed by atoms with Crippen LogP contribution in [0.3, 0.4) is 0 Å². The highest BCUT2D eigenvalue weighted by molar-refractivity contribution is 5.89. The van der Waals surface area contributed by atoms with Crippen LogP contribution >= 0.6 is 0 Å². The Kier molecular flexibility index (Phi) is 8.34. The third kappa shape index (κ3) is 6.25. The average Bonchev–Trinajstić information content (AvgIpc) is 2.90. The minimum atomic E-state index is -0.324. The molecule has 0 amide bonds. The SMILES string of the molecule is CCN1CCC(NCC(=Cc2ccc(C(=O)OC)cc2)COc2cccc3ccccc23)CC1. The number of benzene rings is 3. The summed E-state index contributed by atoms with van der Waals surface area (Å²) in [6.07, 6.45) is 4.48. The molecule has 0 aliphatic carbocycles. The molecule has 0 bridgehead atoms. The van der Waals surface area contributed by atoms with Gasteiger partial charge in [0.25, 0.3) is 0 Å². The molecule has 5 heteroatoms. The van der Waals surface area contributed by atoms with E-state index in [1.54, 1.807) is 12.1 Å². The van der Waals surface area contributed by atoms with Gasteiger partial charge in [0.1, 0.15) is 12.4 Å². The van der Waals surface area contributed by atoms with Crippen molar-refractivity contribution in [3.8, 4) is 5.75 Å². The lowest BCUT2D eigenvalue weighted by Gasteiger charge is -2.31. The molecule has 3 aromatic carbocycles. The number of carbonyl (C=O) groups excluding carboxylic acids is 1. The number of methoxy groups -OCH3 is 1. The van der Waals surface area contributed by atoms with Gasteiger partial charge in [0, 0.05) is 18.0 Å². The van der Waals surface area contributed by atoms with E-state index in [2.05, 4.69) is 41.4 Å². The normalized spacial score (nSPS) is 15.4. The molecule has 1 aliphatic heterocycles. The Bertz CT molecular complexity index is 1110. The lowest BCUT2D eigenvalue weighted by molar-refractivity contribution is 0.0600. The fourth-order valence-electron chi connectivity index (χ4n) is 4.43. The van der Waals surface area contributed by atoms with Gasteiger partial charge in [-0.3, -0.25) is 0 Å². The summed E-state index contributed by atoms with van der Waals surface area (Å²) < 4.78 is 11.1. The van der Waals surface area contributed by atoms with E-state index in [0.717, 1.165) is 48.5 Å². The topological polar surface area (TPSA) is 50.8 Å². The van der Waals surface area contributed by atoms with Crippen molar-refractivity contribution < 1.29 is 14.3 Å². The van der Waals surface area contributed by atoms with Gasteiger partial charge in [0.05, 0.1) is 12.7 Å². The Balaban J connectivity index is 1.48. The van der Waals surface area contributed by atoms with Crippen LogP contribution < -0.4 is 10.1 Å². The van der Waals surface area contributed by atoms with Crippen LogP contribution in [0.25, 0.3) is 16.8 Å². The molecule has 1 fully saturated rings. The third-order valence-corrected chi connectivity index (χ3v) is 6.52. The zero-order valence-corrected chi connectivity index (χ0v) is 20.1. The van der Waals surface area contributed by atoms with E-state index >= 15 is 0 Å². The Labute approximate surface area is 202 Å². The molecule has 1 N–H and O–H groups in total. The quantitative estimate of drug-likeness (QED) is 0.449. The molecule has 1 heterocycles. The van der Waals surface area contributed by atoms with Crippen LogP contribution in [0, 0.1) is 0 Å². The van der Waals surface area contributed by atoms with Crippen molar-refractivity contribution in [3.63, 3.8) is 0 Å². The number of carbonyl (C=O) groups is 1. The maximum Gasteiger partial charge on any atom is 0.337 e. The van der Waals surface area contributed by atoms with Crippen molar-refractivity contribution in [1.29, 1.82) is 0 Å². The predicted octanol–water partition coefficient (Wildman–Crippen LogP) is 5.16. The fourth-order valence-corrected chi connectivity index (χ4v) is 4.43. The first-order valence-electron chi connectivity index (χ1n) is 12.1. The van der Waals surface area contributed by atoms with Crippen LogP contribution in [0.4, 0.5) is 0 Å². The zero-order chi connectivity index (χ0) is 23.8. The highest BCUT2D eigenvalue weighted by atomic mass is 16.5. The van der Waals surface area contributed by atoms with Crippen LogP contribution in [0.5, 0.6) is 5.75 Å². The van der Waals surface area contributed by atoms with Gasteiger partial charge in [-0.15, -0.1) is 0 Å². The number of likely N-dealkylation sites (tertiary alicyclic amines) is 1. The Hall–Kier alpha value is -3.15. The number of esters is 1. The molecule has 0 unspecified atom stereocenters. The van der Waals surface area contributed by atoms with Crippen LogP contribution in [-0.4, -0.2) is 56.8 Å². The number of hydrogen-bond donors (Lipinski definition) is 1. The van der Waals surface area contributed by atoms with E-state index in [-0.39, 0.29) is 5.97 Å². The van der Waals surface area contributed by atoms with Crippen molar-refractivity contribution in [3.05, 3.63) is 83.4 Å². The van der Waals surface area contributed by atoms with Gasteiger partial charge in [-0.2, -0.15) is 0 Å². The Morgan fingerprint density at radius 2 is 1.76 bits per heavy atom. The van der Waals surface area contributed by atoms with E-state index < -0.39 is 0 Å². The first kappa shape index (κ1) is 24.0. The van der Waals surface area contributed by atoms with E-state index in [1.807, 2.05) is 36.4 Å². The summed E-state index contributed by atoms with van der Waals surface area (Å²) in [6, 6.07) is 22.5. The van der Waals surface area contributed by atoms with E-state index in [4.69, 9.17) is 9.47 Å². The highest BCUT2D eigenvalue weighted by Gasteiger charge is 2.18. The number of piperidine rings is 1. The molecule has 3 aromatic rings. The zero-order valence-electron chi connectivity index (χ0n) is 20.1. The van der Waals surface area contributed by atoms with Crippen molar-refractivity contribution in [2.45, 2.75) is 25.8 Å². The summed E-state index contributed by atoms with van der Waals surface area (Å²) in [4.78, 5) is 14.3. The van der Waals surface area contributed by atoms with E-state index in [0.29, 0.717) is 18.2 Å². The Morgan fingerprint density at radius 1 is 1.03 bits per heavy atom. The van der Waals surface area contributed by atoms with Crippen molar-refractivity contribution in [2.75, 3.05) is 39.9 Å². The molecule has 4 rings (SSSR count). The molecule has 0 atom stereocenters. The van der Waals surface area contributed by atoms with Gasteiger partial charge < -0.3 is 19.7 Å². The molecule has 5 nitrogen and oxygen atoms in total. The monoisotopic (exact) mass is 458 g/mol. The molecule has 1 saturated heterocycles. The molecule has 0 radical (unpaired) electrons. The smallest absolute Gasteiger partial charge is 0.337 e. The second-order valence-electron chi connectivity index (χ2n) is 8.77. The second kappa shape index (κ2) is 11.8. The number of nitrogens with one attached hydrogen (secondary N) is 1. The molecule has 0 saturated carbocycles. The summed E-state index contributed by atoms with van der Waals surface area (Å²) >= 11 is 0. The molecule has 1 aliphatic rings. The Morgan fingerprint density at radius 3 is 2.50 bits per heavy atom. The maximum absolute atomic E-state index is 11.8. The highest BCUT2D eigenvalue weighted by Crippen LogP contribution is 2.25. The molecule has 178 valence electrons. The van der Waals surface area contributed by atoms with E-state index in [1.165, 1.54) is 25.3 Å². The largest absolute Gasteiger partial charge is 0.489 e. The summed E-state index contributed by atoms with van der Waals surface area (Å²) in [5.41, 5.74) is 2.75. The van der Waals surface area contributed by atoms with Gasteiger partial charge in [-0.05, 0) is 67.2 Å². The number of nitrogens with zero attached hydrogens (tertiary/aromatic N) is 1. The van der Waals surface area contributed by atoms with Crippen LogP contribution in [0.2, 0.25) is 0 Å². The number of fused-ring (bicyclic) bond motifs is 1. The van der Waals surface area contributed by atoms with Gasteiger partial charge in [0.2, 0.25) is 0 Å². The molecule has 0 spiro atoms. The van der Waals surface area contributed by atoms with Crippen molar-refractivity contribution in [2.24, 2.45) is 0 Å². The van der Waals surface area contributed by atoms with Crippen LogP contribution in [-0.2, 0) is 4.74 Å². The van der Waals surface area contributed by atoms with Crippen LogP contribution in [0.15, 0.2) is 72.3 Å². The summed E-state index contributed by atoms with van der Waals surface area (Å²) in [5.74, 6) is 0.566. The predicted molar refractivity (Wildman–Crippen MR) is 138 cm³/mol. The average molecular weight is 459 g/mol. The summed E-state index contributed by atoms with van der Waals surface area (Å²) in [5, 5.41) is 6.04. The maximum atomic E-state index is 11.8. The number of hydrogen-bond acceptors (Lipinski definition) is 5. The minimum Gasteiger partial charge on any atom is -0.489 e. The number of ether oxygens (including phenoxy) is 2. The van der Waals surface area contributed by atoms with Gasteiger partial charge in [0.15, 0.2) is 0 Å². The lowest BCUT2D eigenvalue weighted by Crippen LogP contribution is -2.43. The summed E-state index contributed by atoms with van der Waals surface area (Å²) in [7, 11) is 1.40. The standard InChI is InChI=1S/C29H34N2O3/c1-3-31-17-15-26(16-18-31)30-20-23(19-22-11-13-25(14-12-22)29(32)33-2)21-34-28-10-6-8-24-7-4-5-9-27(24)28/h4-14,19,26,30H,3,15-18,20-21H2,1-2H3. The van der Waals surface area contributed by atoms with Gasteiger partial charge in [-0.25, -0.2) is 4.79 Å². The van der Waals surface area contributed by atoms with Crippen molar-refractivity contribution >= 4 is 22.8 Å². The van der Waals surface area contributed by atoms with Crippen molar-refractivity contribution in [1.82, 2.24) is 10.2 Å². The van der Waals surface area contributed by atoms with Crippen LogP contribution in [0.1, 0.15) is 35.7 Å². The number of rotatable bonds is 9. The van der Waals surface area contributed by atoms with E-state index in [9.17, 15) is 4.79 Å².